The molecule has 1 aromatic rings. The highest BCUT2D eigenvalue weighted by molar-refractivity contribution is 5.88. The van der Waals surface area contributed by atoms with Gasteiger partial charge in [0.1, 0.15) is 17.2 Å². The molecule has 1 unspecified atom stereocenters. The van der Waals surface area contributed by atoms with Crippen molar-refractivity contribution in [3.63, 3.8) is 0 Å². The van der Waals surface area contributed by atoms with Gasteiger partial charge in [-0.1, -0.05) is 201 Å². The number of hydrogen-bond donors (Lipinski definition) is 0. The van der Waals surface area contributed by atoms with E-state index in [1.807, 2.05) is 32.1 Å². The molecule has 0 spiro atoms. The lowest BCUT2D eigenvalue weighted by atomic mass is 10.1. The molecule has 0 saturated heterocycles. The topological polar surface area (TPSA) is 54.0 Å². The van der Waals surface area contributed by atoms with E-state index in [4.69, 9.17) is 18.9 Å². The van der Waals surface area contributed by atoms with E-state index in [1.165, 1.54) is 179 Å². The summed E-state index contributed by atoms with van der Waals surface area (Å²) in [4.78, 5) is 12.7. The Balaban J connectivity index is 2.87. The van der Waals surface area contributed by atoms with Crippen LogP contribution in [0.25, 0.3) is 6.08 Å². The molecule has 5 nitrogen and oxygen atoms in total. The monoisotopic (exact) mass is 757 g/mol. The molecule has 0 fully saturated rings. The summed E-state index contributed by atoms with van der Waals surface area (Å²) in [6, 6.07) is 4.00. The van der Waals surface area contributed by atoms with Crippen LogP contribution in [0.1, 0.15) is 239 Å². The quantitative estimate of drug-likeness (QED) is 0.0379. The molecule has 1 rings (SSSR count). The molecular formula is C49H88O5. The van der Waals surface area contributed by atoms with Gasteiger partial charge in [-0.3, -0.25) is 0 Å². The van der Waals surface area contributed by atoms with E-state index in [-0.39, 0.29) is 12.1 Å². The van der Waals surface area contributed by atoms with Gasteiger partial charge in [0.05, 0.1) is 31.5 Å². The van der Waals surface area contributed by atoms with Crippen LogP contribution in [0.15, 0.2) is 18.2 Å². The summed E-state index contributed by atoms with van der Waals surface area (Å²) in [6.45, 7) is 12.7. The molecule has 0 heterocycles. The second kappa shape index (κ2) is 37.7. The number of rotatable bonds is 40. The number of carbonyl (C=O) groups is 1. The van der Waals surface area contributed by atoms with Crippen LogP contribution < -0.4 is 14.2 Å². The molecule has 1 aromatic carbocycles. The predicted octanol–water partition coefficient (Wildman–Crippen LogP) is 15.9. The van der Waals surface area contributed by atoms with Crippen molar-refractivity contribution in [3.8, 4) is 17.2 Å². The first kappa shape index (κ1) is 49.8. The van der Waals surface area contributed by atoms with Gasteiger partial charge in [0.25, 0.3) is 0 Å². The van der Waals surface area contributed by atoms with Gasteiger partial charge in [-0.2, -0.15) is 0 Å². The normalized spacial score (nSPS) is 12.0. The van der Waals surface area contributed by atoms with Gasteiger partial charge in [-0.25, -0.2) is 4.79 Å². The van der Waals surface area contributed by atoms with Gasteiger partial charge in [-0.05, 0) is 38.7 Å². The van der Waals surface area contributed by atoms with Gasteiger partial charge in [0.2, 0.25) is 0 Å². The highest BCUT2D eigenvalue weighted by Crippen LogP contribution is 2.36. The fraction of sp³-hybridized carbons (Fsp3) is 0.816. The van der Waals surface area contributed by atoms with Crippen LogP contribution in [0, 0.1) is 0 Å². The van der Waals surface area contributed by atoms with Crippen LogP contribution in [0.5, 0.6) is 17.2 Å². The number of ether oxygens (including phenoxy) is 4. The Morgan fingerprint density at radius 3 is 1.13 bits per heavy atom. The lowest BCUT2D eigenvalue weighted by molar-refractivity contribution is -0.142. The van der Waals surface area contributed by atoms with Crippen molar-refractivity contribution >= 4 is 12.0 Å². The van der Waals surface area contributed by atoms with Crippen LogP contribution in [-0.2, 0) is 9.53 Å². The van der Waals surface area contributed by atoms with Crippen molar-refractivity contribution in [1.82, 2.24) is 0 Å². The second-order valence-corrected chi connectivity index (χ2v) is 15.9. The zero-order valence-corrected chi connectivity index (χ0v) is 36.5. The minimum absolute atomic E-state index is 0.122. The molecule has 0 aromatic heterocycles. The van der Waals surface area contributed by atoms with Crippen molar-refractivity contribution in [2.24, 2.45) is 0 Å². The summed E-state index contributed by atoms with van der Waals surface area (Å²) >= 11 is 0. The largest absolute Gasteiger partial charge is 0.493 e. The van der Waals surface area contributed by atoms with Crippen LogP contribution in [0.2, 0.25) is 0 Å². The molecule has 0 amide bonds. The fourth-order valence-electron chi connectivity index (χ4n) is 6.86. The van der Waals surface area contributed by atoms with E-state index < -0.39 is 0 Å². The first-order chi connectivity index (χ1) is 26.5. The predicted molar refractivity (Wildman–Crippen MR) is 233 cm³/mol. The number of esters is 1. The molecule has 0 aliphatic rings. The van der Waals surface area contributed by atoms with Crippen LogP contribution in [0.3, 0.4) is 0 Å². The van der Waals surface area contributed by atoms with Crippen molar-refractivity contribution in [2.75, 3.05) is 19.8 Å². The summed E-state index contributed by atoms with van der Waals surface area (Å²) in [5.41, 5.74) is 0.793. The van der Waals surface area contributed by atoms with E-state index in [9.17, 15) is 4.79 Å². The second-order valence-electron chi connectivity index (χ2n) is 15.9. The smallest absolute Gasteiger partial charge is 0.331 e. The zero-order chi connectivity index (χ0) is 39.2. The Labute approximate surface area is 335 Å². The Morgan fingerprint density at radius 2 is 0.796 bits per heavy atom. The van der Waals surface area contributed by atoms with Crippen molar-refractivity contribution in [3.05, 3.63) is 23.8 Å². The summed E-state index contributed by atoms with van der Waals surface area (Å²) in [7, 11) is 0. The molecule has 0 radical (unpaired) electrons. The lowest BCUT2D eigenvalue weighted by Crippen LogP contribution is -2.11. The minimum Gasteiger partial charge on any atom is -0.493 e. The molecule has 5 heteroatoms. The van der Waals surface area contributed by atoms with E-state index in [0.29, 0.717) is 19.8 Å². The lowest BCUT2D eigenvalue weighted by Gasteiger charge is -2.17. The van der Waals surface area contributed by atoms with E-state index in [0.717, 1.165) is 48.5 Å². The standard InChI is InChI=1S/C49H88O5/c1-6-10-13-16-19-22-25-28-31-34-39-51-45-42-47(52-40-35-32-29-26-23-20-17-14-11-7-2)46(37-38-49(50)54-44(5)9-4)48(43-45)53-41-36-33-30-27-24-21-18-15-12-8-3/h37-38,42-44H,6-36,39-41H2,1-5H3. The molecule has 1 atom stereocenters. The minimum atomic E-state index is -0.341. The maximum absolute atomic E-state index is 12.7. The Bertz CT molecular complexity index is 957. The molecule has 0 N–H and O–H groups in total. The number of benzene rings is 1. The summed E-state index contributed by atoms with van der Waals surface area (Å²) in [6.07, 6.45) is 42.7. The first-order valence-corrected chi connectivity index (χ1v) is 23.5. The summed E-state index contributed by atoms with van der Waals surface area (Å²) < 4.78 is 24.9. The molecular weight excluding hydrogens is 669 g/mol. The van der Waals surface area contributed by atoms with Gasteiger partial charge >= 0.3 is 5.97 Å². The van der Waals surface area contributed by atoms with Crippen molar-refractivity contribution in [2.45, 2.75) is 240 Å². The third-order valence-electron chi connectivity index (χ3n) is 10.6. The van der Waals surface area contributed by atoms with E-state index in [2.05, 4.69) is 20.8 Å². The van der Waals surface area contributed by atoms with Crippen LogP contribution >= 0.6 is 0 Å². The third kappa shape index (κ3) is 29.2. The highest BCUT2D eigenvalue weighted by atomic mass is 16.5. The fourth-order valence-corrected chi connectivity index (χ4v) is 6.86. The Hall–Kier alpha value is -2.17. The Morgan fingerprint density at radius 1 is 0.481 bits per heavy atom. The maximum atomic E-state index is 12.7. The molecule has 0 aliphatic carbocycles. The summed E-state index contributed by atoms with van der Waals surface area (Å²) in [5.74, 6) is 1.88. The number of unbranched alkanes of at least 4 members (excludes halogenated alkanes) is 27. The average molecular weight is 757 g/mol. The zero-order valence-electron chi connectivity index (χ0n) is 36.5. The average Bonchev–Trinajstić information content (AvgIpc) is 3.17. The van der Waals surface area contributed by atoms with Gasteiger partial charge in [-0.15, -0.1) is 0 Å². The van der Waals surface area contributed by atoms with Gasteiger partial charge < -0.3 is 18.9 Å². The number of carbonyl (C=O) groups excluding carboxylic acids is 1. The third-order valence-corrected chi connectivity index (χ3v) is 10.6. The first-order valence-electron chi connectivity index (χ1n) is 23.5. The van der Waals surface area contributed by atoms with Crippen molar-refractivity contribution < 1.29 is 23.7 Å². The SMILES string of the molecule is CCCCCCCCCCCCOc1cc(OCCCCCCCCCCCC)c(C=CC(=O)OC(C)CC)c(OCCCCCCCCCCCC)c1. The van der Waals surface area contributed by atoms with Crippen LogP contribution in [0.4, 0.5) is 0 Å². The van der Waals surface area contributed by atoms with Crippen molar-refractivity contribution in [1.29, 1.82) is 0 Å². The molecule has 0 saturated carbocycles. The number of hydrogen-bond acceptors (Lipinski definition) is 5. The maximum Gasteiger partial charge on any atom is 0.331 e. The Kier molecular flexibility index (Phi) is 34.8. The van der Waals surface area contributed by atoms with E-state index in [1.54, 1.807) is 0 Å². The molecule has 314 valence electrons. The van der Waals surface area contributed by atoms with E-state index >= 15 is 0 Å². The molecule has 0 aliphatic heterocycles. The molecule has 54 heavy (non-hydrogen) atoms. The van der Waals surface area contributed by atoms with Crippen LogP contribution in [-0.4, -0.2) is 31.9 Å². The van der Waals surface area contributed by atoms with Gasteiger partial charge in [0, 0.05) is 18.2 Å². The highest BCUT2D eigenvalue weighted by Gasteiger charge is 2.15. The van der Waals surface area contributed by atoms with Gasteiger partial charge in [0.15, 0.2) is 0 Å². The molecule has 0 bridgehead atoms. The summed E-state index contributed by atoms with van der Waals surface area (Å²) in [5, 5.41) is 0.